The molecule has 1 aromatic carbocycles. The summed E-state index contributed by atoms with van der Waals surface area (Å²) in [5.74, 6) is 1.09. The Bertz CT molecular complexity index is 661. The van der Waals surface area contributed by atoms with Crippen LogP contribution in [-0.2, 0) is 9.53 Å². The number of nitrogens with one attached hydrogen (secondary N) is 1. The number of thioether (sulfide) groups is 1. The highest BCUT2D eigenvalue weighted by Crippen LogP contribution is 2.29. The molecule has 0 aliphatic heterocycles. The van der Waals surface area contributed by atoms with Gasteiger partial charge in [0.25, 0.3) is 0 Å². The molecule has 1 heterocycles. The van der Waals surface area contributed by atoms with Gasteiger partial charge in [0.1, 0.15) is 5.75 Å². The largest absolute Gasteiger partial charge is 0.497 e. The number of fused-ring (bicyclic) bond motifs is 1. The number of rotatable bonds is 5. The number of esters is 1. The standard InChI is InChI=1S/C15H18N2O3S/c1-9-6-14(21-8-12(16)15(18)20-3)11-7-10(19-2)4-5-13(11)17-9/h4-7,12H,8,16H2,1-3H3/p+2. The molecule has 112 valence electrons. The zero-order chi connectivity index (χ0) is 15.4. The number of aromatic amines is 1. The van der Waals surface area contributed by atoms with Gasteiger partial charge < -0.3 is 15.2 Å². The van der Waals surface area contributed by atoms with E-state index in [2.05, 4.69) is 16.8 Å². The predicted octanol–water partition coefficient (Wildman–Crippen LogP) is 0.847. The Morgan fingerprint density at radius 3 is 2.81 bits per heavy atom. The van der Waals surface area contributed by atoms with Crippen LogP contribution in [0.5, 0.6) is 5.75 Å². The van der Waals surface area contributed by atoms with Crippen LogP contribution in [0.4, 0.5) is 0 Å². The summed E-state index contributed by atoms with van der Waals surface area (Å²) in [6.45, 7) is 2.01. The van der Waals surface area contributed by atoms with E-state index in [1.165, 1.54) is 7.11 Å². The first-order valence-electron chi connectivity index (χ1n) is 6.59. The van der Waals surface area contributed by atoms with Crippen molar-refractivity contribution in [3.05, 3.63) is 30.0 Å². The minimum Gasteiger partial charge on any atom is -0.497 e. The van der Waals surface area contributed by atoms with Gasteiger partial charge in [-0.05, 0) is 12.1 Å². The Labute approximate surface area is 127 Å². The third-order valence-corrected chi connectivity index (χ3v) is 4.36. The molecule has 5 nitrogen and oxygen atoms in total. The fourth-order valence-corrected chi connectivity index (χ4v) is 3.13. The minimum absolute atomic E-state index is 0.288. The summed E-state index contributed by atoms with van der Waals surface area (Å²) in [7, 11) is 3.03. The van der Waals surface area contributed by atoms with Crippen LogP contribution in [0.2, 0.25) is 0 Å². The highest BCUT2D eigenvalue weighted by atomic mass is 32.2. The molecule has 0 spiro atoms. The smallest absolute Gasteiger partial charge is 0.365 e. The summed E-state index contributed by atoms with van der Waals surface area (Å²) in [5.41, 5.74) is 5.93. The monoisotopic (exact) mass is 308 g/mol. The van der Waals surface area contributed by atoms with Crippen LogP contribution in [-0.4, -0.2) is 32.0 Å². The SMILES string of the molecule is COC(=O)C([NH3+])CSc1cc(C)[nH+]c2ccc(OC)cc12. The minimum atomic E-state index is -0.384. The van der Waals surface area contributed by atoms with E-state index in [0.717, 1.165) is 27.2 Å². The van der Waals surface area contributed by atoms with E-state index in [4.69, 9.17) is 9.47 Å². The van der Waals surface area contributed by atoms with E-state index >= 15 is 0 Å². The van der Waals surface area contributed by atoms with Crippen LogP contribution >= 0.6 is 11.8 Å². The topological polar surface area (TPSA) is 77.3 Å². The lowest BCUT2D eigenvalue weighted by atomic mass is 10.2. The van der Waals surface area contributed by atoms with Gasteiger partial charge in [0.05, 0.1) is 25.4 Å². The van der Waals surface area contributed by atoms with Gasteiger partial charge >= 0.3 is 5.97 Å². The number of aryl methyl sites for hydroxylation is 1. The average Bonchev–Trinajstić information content (AvgIpc) is 2.50. The number of methoxy groups -OCH3 is 2. The number of hydrogen-bond donors (Lipinski definition) is 1. The number of quaternary nitrogens is 1. The van der Waals surface area contributed by atoms with Crippen LogP contribution in [0.15, 0.2) is 29.2 Å². The fraction of sp³-hybridized carbons (Fsp3) is 0.333. The molecule has 0 amide bonds. The summed E-state index contributed by atoms with van der Waals surface area (Å²) >= 11 is 1.60. The summed E-state index contributed by atoms with van der Waals surface area (Å²) in [4.78, 5) is 15.9. The molecule has 6 heteroatoms. The number of benzene rings is 1. The second kappa shape index (κ2) is 6.78. The highest BCUT2D eigenvalue weighted by molar-refractivity contribution is 7.99. The first-order chi connectivity index (χ1) is 10.0. The molecule has 0 fully saturated rings. The van der Waals surface area contributed by atoms with Crippen molar-refractivity contribution < 1.29 is 25.0 Å². The molecule has 0 radical (unpaired) electrons. The maximum absolute atomic E-state index is 11.4. The molecule has 0 aliphatic carbocycles. The quantitative estimate of drug-likeness (QED) is 0.656. The van der Waals surface area contributed by atoms with Crippen molar-refractivity contribution in [3.63, 3.8) is 0 Å². The third kappa shape index (κ3) is 3.65. The van der Waals surface area contributed by atoms with Crippen molar-refractivity contribution >= 4 is 28.6 Å². The molecule has 2 aromatic rings. The van der Waals surface area contributed by atoms with Crippen molar-refractivity contribution in [1.29, 1.82) is 0 Å². The molecular weight excluding hydrogens is 288 g/mol. The second-order valence-electron chi connectivity index (χ2n) is 4.76. The molecule has 2 rings (SSSR count). The van der Waals surface area contributed by atoms with E-state index in [0.29, 0.717) is 5.75 Å². The van der Waals surface area contributed by atoms with E-state index in [1.807, 2.05) is 25.1 Å². The molecule has 1 aromatic heterocycles. The molecular formula is C15H20N2O3S+2. The molecule has 0 aliphatic rings. The molecule has 0 saturated carbocycles. The Morgan fingerprint density at radius 1 is 1.38 bits per heavy atom. The van der Waals surface area contributed by atoms with Gasteiger partial charge in [-0.15, -0.1) is 11.8 Å². The first-order valence-corrected chi connectivity index (χ1v) is 7.58. The summed E-state index contributed by atoms with van der Waals surface area (Å²) in [6, 6.07) is 7.59. The number of aromatic nitrogens is 1. The van der Waals surface area contributed by atoms with Crippen LogP contribution < -0.4 is 15.5 Å². The summed E-state index contributed by atoms with van der Waals surface area (Å²) in [6.07, 6.45) is 0. The normalized spacial score (nSPS) is 12.2. The van der Waals surface area contributed by atoms with E-state index in [9.17, 15) is 4.79 Å². The lowest BCUT2D eigenvalue weighted by Crippen LogP contribution is -2.66. The number of carbonyl (C=O) groups is 1. The van der Waals surface area contributed by atoms with Gasteiger partial charge in [0, 0.05) is 24.0 Å². The lowest BCUT2D eigenvalue weighted by molar-refractivity contribution is -0.400. The average molecular weight is 308 g/mol. The Morgan fingerprint density at radius 2 is 2.14 bits per heavy atom. The molecule has 0 saturated heterocycles. The Kier molecular flexibility index (Phi) is 5.03. The number of pyridine rings is 1. The first kappa shape index (κ1) is 15.6. The molecule has 21 heavy (non-hydrogen) atoms. The number of ether oxygens (including phenoxy) is 2. The van der Waals surface area contributed by atoms with Gasteiger partial charge in [-0.1, -0.05) is 0 Å². The Hall–Kier alpha value is -1.79. The summed E-state index contributed by atoms with van der Waals surface area (Å²) in [5, 5.41) is 1.07. The zero-order valence-corrected chi connectivity index (χ0v) is 13.3. The molecule has 4 N–H and O–H groups in total. The van der Waals surface area contributed by atoms with Crippen molar-refractivity contribution in [2.24, 2.45) is 0 Å². The predicted molar refractivity (Wildman–Crippen MR) is 81.2 cm³/mol. The van der Waals surface area contributed by atoms with Crippen LogP contribution in [0.3, 0.4) is 0 Å². The van der Waals surface area contributed by atoms with Crippen molar-refractivity contribution in [3.8, 4) is 5.75 Å². The lowest BCUT2D eigenvalue weighted by Gasteiger charge is -2.08. The van der Waals surface area contributed by atoms with E-state index < -0.39 is 0 Å². The number of hydrogen-bond acceptors (Lipinski definition) is 4. The van der Waals surface area contributed by atoms with E-state index in [-0.39, 0.29) is 12.0 Å². The zero-order valence-electron chi connectivity index (χ0n) is 12.4. The van der Waals surface area contributed by atoms with Gasteiger partial charge in [0.2, 0.25) is 5.52 Å². The highest BCUT2D eigenvalue weighted by Gasteiger charge is 2.19. The summed E-state index contributed by atoms with van der Waals surface area (Å²) < 4.78 is 9.99. The van der Waals surface area contributed by atoms with Crippen molar-refractivity contribution in [1.82, 2.24) is 0 Å². The third-order valence-electron chi connectivity index (χ3n) is 3.15. The fourth-order valence-electron chi connectivity index (χ4n) is 2.03. The van der Waals surface area contributed by atoms with Gasteiger partial charge in [0.15, 0.2) is 11.7 Å². The Balaban J connectivity index is 2.31. The maximum Gasteiger partial charge on any atom is 0.365 e. The van der Waals surface area contributed by atoms with Crippen molar-refractivity contribution in [2.45, 2.75) is 17.9 Å². The van der Waals surface area contributed by atoms with Gasteiger partial charge in [-0.3, -0.25) is 0 Å². The van der Waals surface area contributed by atoms with E-state index in [1.54, 1.807) is 18.9 Å². The number of carbonyl (C=O) groups excluding carboxylic acids is 1. The van der Waals surface area contributed by atoms with Gasteiger partial charge in [-0.25, -0.2) is 9.78 Å². The second-order valence-corrected chi connectivity index (χ2v) is 5.82. The number of H-pyrrole nitrogens is 1. The molecule has 1 unspecified atom stereocenters. The van der Waals surface area contributed by atoms with Crippen LogP contribution in [0.25, 0.3) is 10.9 Å². The van der Waals surface area contributed by atoms with Crippen LogP contribution in [0.1, 0.15) is 5.69 Å². The maximum atomic E-state index is 11.4. The molecule has 1 atom stereocenters. The molecule has 0 bridgehead atoms. The van der Waals surface area contributed by atoms with Gasteiger partial charge in [-0.2, -0.15) is 0 Å². The van der Waals surface area contributed by atoms with Crippen LogP contribution in [0, 0.1) is 6.92 Å². The van der Waals surface area contributed by atoms with Crippen molar-refractivity contribution in [2.75, 3.05) is 20.0 Å².